The average Bonchev–Trinajstić information content (AvgIpc) is 2.50. The normalized spacial score (nSPS) is 17.3. The summed E-state index contributed by atoms with van der Waals surface area (Å²) in [6, 6.07) is 6.59. The second-order valence-corrected chi connectivity index (χ2v) is 5.28. The molecule has 0 N–H and O–H groups in total. The second-order valence-electron chi connectivity index (χ2n) is 5.28. The van der Waals surface area contributed by atoms with Crippen molar-refractivity contribution in [2.45, 2.75) is 59.8 Å². The molecular weight excluding hydrogens is 244 g/mol. The standard InChI is InChI=1S/C17H24O.C2H6/c1-3-7-15-10-11-17(14(2)12-15)18-13-16-8-5-4-6-9-16;1-2/h5,8,10-12,16H,3-4,6-7,9,13H2,1-2H3;1-2H3. The molecule has 1 unspecified atom stereocenters. The highest BCUT2D eigenvalue weighted by atomic mass is 16.5. The molecule has 0 saturated carbocycles. The Morgan fingerprint density at radius 2 is 2.05 bits per heavy atom. The summed E-state index contributed by atoms with van der Waals surface area (Å²) in [5, 5.41) is 0. The zero-order valence-corrected chi connectivity index (χ0v) is 13.6. The lowest BCUT2D eigenvalue weighted by molar-refractivity contribution is 0.261. The molecule has 0 amide bonds. The number of allylic oxidation sites excluding steroid dienone is 1. The van der Waals surface area contributed by atoms with Gasteiger partial charge in [-0.2, -0.15) is 0 Å². The van der Waals surface area contributed by atoms with Crippen LogP contribution in [0, 0.1) is 12.8 Å². The van der Waals surface area contributed by atoms with Crippen LogP contribution in [0.2, 0.25) is 0 Å². The van der Waals surface area contributed by atoms with E-state index < -0.39 is 0 Å². The molecule has 0 saturated heterocycles. The lowest BCUT2D eigenvalue weighted by Crippen LogP contribution is -2.12. The molecule has 1 nitrogen and oxygen atoms in total. The molecule has 0 spiro atoms. The van der Waals surface area contributed by atoms with Crippen molar-refractivity contribution in [2.75, 3.05) is 6.61 Å². The summed E-state index contributed by atoms with van der Waals surface area (Å²) in [7, 11) is 0. The second kappa shape index (κ2) is 9.63. The van der Waals surface area contributed by atoms with Crippen LogP contribution in [0.3, 0.4) is 0 Å². The van der Waals surface area contributed by atoms with Crippen LogP contribution >= 0.6 is 0 Å². The molecule has 0 aliphatic heterocycles. The quantitative estimate of drug-likeness (QED) is 0.625. The molecular formula is C19H30O. The number of ether oxygens (including phenoxy) is 1. The van der Waals surface area contributed by atoms with Crippen molar-refractivity contribution in [1.82, 2.24) is 0 Å². The minimum absolute atomic E-state index is 0.605. The molecule has 0 aromatic heterocycles. The zero-order valence-electron chi connectivity index (χ0n) is 13.6. The van der Waals surface area contributed by atoms with Gasteiger partial charge in [0.1, 0.15) is 5.75 Å². The summed E-state index contributed by atoms with van der Waals surface area (Å²) >= 11 is 0. The Balaban J connectivity index is 0.000000956. The van der Waals surface area contributed by atoms with Crippen molar-refractivity contribution < 1.29 is 4.74 Å². The number of hydrogen-bond acceptors (Lipinski definition) is 1. The minimum atomic E-state index is 0.605. The van der Waals surface area contributed by atoms with Gasteiger partial charge in [-0.05, 0) is 49.8 Å². The first kappa shape index (κ1) is 16.8. The van der Waals surface area contributed by atoms with E-state index in [1.54, 1.807) is 0 Å². The fourth-order valence-electron chi connectivity index (χ4n) is 2.54. The fourth-order valence-corrected chi connectivity index (χ4v) is 2.54. The predicted octanol–water partition coefficient (Wildman–Crippen LogP) is 5.71. The van der Waals surface area contributed by atoms with Crippen molar-refractivity contribution in [1.29, 1.82) is 0 Å². The number of aryl methyl sites for hydroxylation is 2. The third-order valence-corrected chi connectivity index (χ3v) is 3.58. The van der Waals surface area contributed by atoms with Crippen LogP contribution in [0.4, 0.5) is 0 Å². The van der Waals surface area contributed by atoms with Gasteiger partial charge in [-0.1, -0.05) is 51.5 Å². The smallest absolute Gasteiger partial charge is 0.122 e. The van der Waals surface area contributed by atoms with Crippen LogP contribution < -0.4 is 4.74 Å². The maximum absolute atomic E-state index is 5.96. The van der Waals surface area contributed by atoms with Gasteiger partial charge >= 0.3 is 0 Å². The fraction of sp³-hybridized carbons (Fsp3) is 0.579. The van der Waals surface area contributed by atoms with E-state index in [2.05, 4.69) is 44.2 Å². The van der Waals surface area contributed by atoms with E-state index in [1.807, 2.05) is 13.8 Å². The first-order valence-electron chi connectivity index (χ1n) is 8.18. The monoisotopic (exact) mass is 274 g/mol. The summed E-state index contributed by atoms with van der Waals surface area (Å²) in [4.78, 5) is 0. The van der Waals surface area contributed by atoms with Crippen molar-refractivity contribution in [2.24, 2.45) is 5.92 Å². The third-order valence-electron chi connectivity index (χ3n) is 3.58. The van der Waals surface area contributed by atoms with Crippen molar-refractivity contribution in [3.05, 3.63) is 41.5 Å². The SMILES string of the molecule is CC.CCCc1ccc(OCC2C=CCCC2)c(C)c1. The van der Waals surface area contributed by atoms with Gasteiger partial charge in [0.25, 0.3) is 0 Å². The Hall–Kier alpha value is -1.24. The molecule has 20 heavy (non-hydrogen) atoms. The lowest BCUT2D eigenvalue weighted by Gasteiger charge is -2.18. The van der Waals surface area contributed by atoms with Gasteiger partial charge in [-0.3, -0.25) is 0 Å². The van der Waals surface area contributed by atoms with Crippen LogP contribution in [0.15, 0.2) is 30.4 Å². The molecule has 0 fully saturated rings. The molecule has 1 heteroatoms. The van der Waals surface area contributed by atoms with Crippen LogP contribution in [0.5, 0.6) is 5.75 Å². The van der Waals surface area contributed by atoms with Gasteiger partial charge in [-0.15, -0.1) is 0 Å². The summed E-state index contributed by atoms with van der Waals surface area (Å²) in [5.74, 6) is 1.65. The Morgan fingerprint density at radius 3 is 2.65 bits per heavy atom. The summed E-state index contributed by atoms with van der Waals surface area (Å²) in [5.41, 5.74) is 2.68. The number of hydrogen-bond donors (Lipinski definition) is 0. The Bertz CT molecular complexity index is 406. The van der Waals surface area contributed by atoms with E-state index in [-0.39, 0.29) is 0 Å². The van der Waals surface area contributed by atoms with E-state index in [0.29, 0.717) is 5.92 Å². The van der Waals surface area contributed by atoms with Crippen molar-refractivity contribution in [3.63, 3.8) is 0 Å². The maximum atomic E-state index is 5.96. The van der Waals surface area contributed by atoms with Gasteiger partial charge < -0.3 is 4.74 Å². The molecule has 112 valence electrons. The number of rotatable bonds is 5. The Morgan fingerprint density at radius 1 is 1.25 bits per heavy atom. The number of benzene rings is 1. The first-order valence-corrected chi connectivity index (χ1v) is 8.18. The van der Waals surface area contributed by atoms with Gasteiger partial charge in [0.15, 0.2) is 0 Å². The van der Waals surface area contributed by atoms with Gasteiger partial charge in [0.05, 0.1) is 6.61 Å². The lowest BCUT2D eigenvalue weighted by atomic mass is 9.97. The molecule has 1 atom stereocenters. The van der Waals surface area contributed by atoms with E-state index in [4.69, 9.17) is 4.74 Å². The minimum Gasteiger partial charge on any atom is -0.493 e. The topological polar surface area (TPSA) is 9.23 Å². The van der Waals surface area contributed by atoms with Crippen LogP contribution in [0.1, 0.15) is 57.6 Å². The van der Waals surface area contributed by atoms with E-state index in [0.717, 1.165) is 18.8 Å². The Kier molecular flexibility index (Phi) is 8.10. The van der Waals surface area contributed by atoms with E-state index >= 15 is 0 Å². The predicted molar refractivity (Wildman–Crippen MR) is 88.5 cm³/mol. The molecule has 0 radical (unpaired) electrons. The van der Waals surface area contributed by atoms with E-state index in [9.17, 15) is 0 Å². The van der Waals surface area contributed by atoms with Crippen molar-refractivity contribution in [3.8, 4) is 5.75 Å². The Labute approximate surface area is 125 Å². The van der Waals surface area contributed by atoms with Crippen molar-refractivity contribution >= 4 is 0 Å². The summed E-state index contributed by atoms with van der Waals surface area (Å²) in [6.45, 7) is 9.19. The van der Waals surface area contributed by atoms with E-state index in [1.165, 1.54) is 36.8 Å². The third kappa shape index (κ3) is 5.40. The highest BCUT2D eigenvalue weighted by Crippen LogP contribution is 2.23. The molecule has 1 aromatic carbocycles. The highest BCUT2D eigenvalue weighted by molar-refractivity contribution is 5.36. The largest absolute Gasteiger partial charge is 0.493 e. The van der Waals surface area contributed by atoms with Crippen LogP contribution in [-0.4, -0.2) is 6.61 Å². The zero-order chi connectivity index (χ0) is 14.8. The molecule has 0 bridgehead atoms. The summed E-state index contributed by atoms with van der Waals surface area (Å²) in [6.07, 6.45) is 10.8. The van der Waals surface area contributed by atoms with Gasteiger partial charge in [-0.25, -0.2) is 0 Å². The van der Waals surface area contributed by atoms with Gasteiger partial charge in [0.2, 0.25) is 0 Å². The maximum Gasteiger partial charge on any atom is 0.122 e. The molecule has 1 aliphatic carbocycles. The van der Waals surface area contributed by atoms with Crippen LogP contribution in [-0.2, 0) is 6.42 Å². The average molecular weight is 274 g/mol. The molecule has 2 rings (SSSR count). The molecule has 1 aliphatic rings. The summed E-state index contributed by atoms with van der Waals surface area (Å²) < 4.78 is 5.96. The van der Waals surface area contributed by atoms with Crippen LogP contribution in [0.25, 0.3) is 0 Å². The first-order chi connectivity index (χ1) is 9.79. The van der Waals surface area contributed by atoms with Gasteiger partial charge in [0, 0.05) is 5.92 Å². The highest BCUT2D eigenvalue weighted by Gasteiger charge is 2.10. The molecule has 1 aromatic rings. The molecule has 0 heterocycles.